The Kier molecular flexibility index (Phi) is 3.00. The number of fused-ring (bicyclic) bond motifs is 1. The first-order valence-corrected chi connectivity index (χ1v) is 6.29. The number of piperidine rings is 1. The van der Waals surface area contributed by atoms with Crippen LogP contribution in [0, 0.1) is 5.92 Å². The number of hydrogen-bond donors (Lipinski definition) is 1. The lowest BCUT2D eigenvalue weighted by Gasteiger charge is -2.22. The number of hydrogen-bond acceptors (Lipinski definition) is 4. The van der Waals surface area contributed by atoms with Crippen LogP contribution in [0.4, 0.5) is 0 Å². The summed E-state index contributed by atoms with van der Waals surface area (Å²) in [5.74, 6) is 2.51. The van der Waals surface area contributed by atoms with Crippen molar-refractivity contribution in [2.45, 2.75) is 25.7 Å². The van der Waals surface area contributed by atoms with Crippen molar-refractivity contribution >= 4 is 5.78 Å². The summed E-state index contributed by atoms with van der Waals surface area (Å²) >= 11 is 0. The lowest BCUT2D eigenvalue weighted by atomic mass is 9.94. The third-order valence-corrected chi connectivity index (χ3v) is 3.43. The van der Waals surface area contributed by atoms with Crippen LogP contribution in [0.2, 0.25) is 0 Å². The lowest BCUT2D eigenvalue weighted by molar-refractivity contribution is 0.356. The normalized spacial score (nSPS) is 20.8. The van der Waals surface area contributed by atoms with Crippen LogP contribution in [0.5, 0.6) is 0 Å². The summed E-state index contributed by atoms with van der Waals surface area (Å²) < 4.78 is 1.98. The predicted octanol–water partition coefficient (Wildman–Crippen LogP) is 1.06. The first-order valence-electron chi connectivity index (χ1n) is 6.29. The summed E-state index contributed by atoms with van der Waals surface area (Å²) in [6.45, 7) is 2.32. The summed E-state index contributed by atoms with van der Waals surface area (Å²) in [5, 5.41) is 11.7. The van der Waals surface area contributed by atoms with Crippen molar-refractivity contribution in [3.8, 4) is 0 Å². The third kappa shape index (κ3) is 2.29. The fourth-order valence-corrected chi connectivity index (χ4v) is 2.46. The molecule has 0 radical (unpaired) electrons. The van der Waals surface area contributed by atoms with E-state index >= 15 is 0 Å². The van der Waals surface area contributed by atoms with Gasteiger partial charge in [-0.05, 0) is 44.3 Å². The van der Waals surface area contributed by atoms with Crippen LogP contribution in [-0.4, -0.2) is 32.7 Å². The van der Waals surface area contributed by atoms with Crippen LogP contribution in [0.3, 0.4) is 0 Å². The molecule has 0 bridgehead atoms. The van der Waals surface area contributed by atoms with E-state index in [1.807, 2.05) is 16.7 Å². The molecule has 17 heavy (non-hydrogen) atoms. The van der Waals surface area contributed by atoms with Crippen LogP contribution < -0.4 is 5.32 Å². The van der Waals surface area contributed by atoms with Gasteiger partial charge in [0.15, 0.2) is 0 Å². The molecule has 1 saturated heterocycles. The largest absolute Gasteiger partial charge is 0.316 e. The van der Waals surface area contributed by atoms with Gasteiger partial charge in [-0.2, -0.15) is 0 Å². The van der Waals surface area contributed by atoms with E-state index in [1.54, 1.807) is 6.20 Å². The Morgan fingerprint density at radius 3 is 3.29 bits per heavy atom. The molecule has 1 unspecified atom stereocenters. The number of nitrogens with zero attached hydrogens (tertiary/aromatic N) is 4. The first kappa shape index (κ1) is 10.7. The second-order valence-corrected chi connectivity index (χ2v) is 4.66. The van der Waals surface area contributed by atoms with E-state index in [-0.39, 0.29) is 0 Å². The van der Waals surface area contributed by atoms with Crippen molar-refractivity contribution < 1.29 is 0 Å². The molecule has 1 N–H and O–H groups in total. The van der Waals surface area contributed by atoms with Gasteiger partial charge in [0, 0.05) is 18.8 Å². The number of aromatic nitrogens is 4. The molecule has 90 valence electrons. The van der Waals surface area contributed by atoms with Crippen molar-refractivity contribution in [2.24, 2.45) is 5.92 Å². The van der Waals surface area contributed by atoms with Gasteiger partial charge in [-0.1, -0.05) is 0 Å². The maximum Gasteiger partial charge on any atom is 0.254 e. The second-order valence-electron chi connectivity index (χ2n) is 4.66. The van der Waals surface area contributed by atoms with Crippen molar-refractivity contribution in [1.29, 1.82) is 0 Å². The standard InChI is InChI=1S/C12H17N5/c1-3-10(9-13-6-1)4-5-11-15-16-12-14-7-2-8-17(11)12/h2,7-8,10,13H,1,3-6,9H2. The Hall–Kier alpha value is -1.49. The molecule has 1 fully saturated rings. The van der Waals surface area contributed by atoms with Crippen molar-refractivity contribution in [2.75, 3.05) is 13.1 Å². The summed E-state index contributed by atoms with van der Waals surface area (Å²) in [5.41, 5.74) is 0. The SMILES string of the molecule is c1cnc2nnc(CCC3CCCNC3)n2c1. The number of nitrogens with one attached hydrogen (secondary N) is 1. The van der Waals surface area contributed by atoms with Crippen molar-refractivity contribution in [3.05, 3.63) is 24.3 Å². The van der Waals surface area contributed by atoms with Gasteiger partial charge in [-0.25, -0.2) is 4.98 Å². The van der Waals surface area contributed by atoms with Gasteiger partial charge < -0.3 is 5.32 Å². The molecule has 2 aromatic heterocycles. The maximum absolute atomic E-state index is 4.21. The Morgan fingerprint density at radius 1 is 1.41 bits per heavy atom. The molecule has 1 aliphatic heterocycles. The minimum atomic E-state index is 0.698. The Morgan fingerprint density at radius 2 is 2.41 bits per heavy atom. The van der Waals surface area contributed by atoms with Gasteiger partial charge in [0.05, 0.1) is 0 Å². The van der Waals surface area contributed by atoms with Crippen LogP contribution in [-0.2, 0) is 6.42 Å². The molecule has 1 aliphatic rings. The van der Waals surface area contributed by atoms with Crippen LogP contribution in [0.25, 0.3) is 5.78 Å². The molecule has 2 aromatic rings. The predicted molar refractivity (Wildman–Crippen MR) is 64.7 cm³/mol. The molecule has 3 heterocycles. The van der Waals surface area contributed by atoms with Crippen LogP contribution in [0.15, 0.2) is 18.5 Å². The Labute approximate surface area is 100 Å². The lowest BCUT2D eigenvalue weighted by Crippen LogP contribution is -2.30. The van der Waals surface area contributed by atoms with Gasteiger partial charge in [-0.3, -0.25) is 4.40 Å². The molecular weight excluding hydrogens is 214 g/mol. The van der Waals surface area contributed by atoms with Crippen LogP contribution >= 0.6 is 0 Å². The third-order valence-electron chi connectivity index (χ3n) is 3.43. The highest BCUT2D eigenvalue weighted by Crippen LogP contribution is 2.16. The minimum absolute atomic E-state index is 0.698. The average Bonchev–Trinajstić information content (AvgIpc) is 2.81. The Balaban J connectivity index is 1.68. The molecule has 1 atom stereocenters. The highest BCUT2D eigenvalue weighted by atomic mass is 15.3. The molecule has 5 nitrogen and oxygen atoms in total. The number of aryl methyl sites for hydroxylation is 1. The van der Waals surface area contributed by atoms with Crippen molar-refractivity contribution in [3.63, 3.8) is 0 Å². The first-order chi connectivity index (χ1) is 8.43. The highest BCUT2D eigenvalue weighted by Gasteiger charge is 2.14. The molecule has 3 rings (SSSR count). The quantitative estimate of drug-likeness (QED) is 0.858. The number of rotatable bonds is 3. The smallest absolute Gasteiger partial charge is 0.254 e. The molecule has 0 spiro atoms. The zero-order valence-corrected chi connectivity index (χ0v) is 9.84. The maximum atomic E-state index is 4.21. The molecule has 0 amide bonds. The molecule has 0 aliphatic carbocycles. The molecular formula is C12H17N5. The van der Waals surface area contributed by atoms with Gasteiger partial charge in [0.25, 0.3) is 5.78 Å². The topological polar surface area (TPSA) is 55.1 Å². The molecule has 0 aromatic carbocycles. The van der Waals surface area contributed by atoms with E-state index in [4.69, 9.17) is 0 Å². The molecule has 5 heteroatoms. The van der Waals surface area contributed by atoms with E-state index in [9.17, 15) is 0 Å². The summed E-state index contributed by atoms with van der Waals surface area (Å²) in [6.07, 6.45) is 8.53. The van der Waals surface area contributed by atoms with Crippen molar-refractivity contribution in [1.82, 2.24) is 24.9 Å². The summed E-state index contributed by atoms with van der Waals surface area (Å²) in [4.78, 5) is 4.17. The second kappa shape index (κ2) is 4.79. The van der Waals surface area contributed by atoms with E-state index in [2.05, 4.69) is 20.5 Å². The van der Waals surface area contributed by atoms with E-state index in [1.165, 1.54) is 25.8 Å². The fraction of sp³-hybridized carbons (Fsp3) is 0.583. The minimum Gasteiger partial charge on any atom is -0.316 e. The average molecular weight is 231 g/mol. The summed E-state index contributed by atoms with van der Waals surface area (Å²) in [6, 6.07) is 1.92. The van der Waals surface area contributed by atoms with Gasteiger partial charge in [-0.15, -0.1) is 10.2 Å². The Bertz CT molecular complexity index is 486. The van der Waals surface area contributed by atoms with E-state index in [0.717, 1.165) is 24.7 Å². The zero-order valence-electron chi connectivity index (χ0n) is 9.84. The van der Waals surface area contributed by atoms with E-state index < -0.39 is 0 Å². The highest BCUT2D eigenvalue weighted by molar-refractivity contribution is 5.26. The van der Waals surface area contributed by atoms with Gasteiger partial charge in [0.2, 0.25) is 0 Å². The molecule has 0 saturated carbocycles. The van der Waals surface area contributed by atoms with Crippen LogP contribution in [0.1, 0.15) is 25.1 Å². The van der Waals surface area contributed by atoms with E-state index in [0.29, 0.717) is 5.78 Å². The summed E-state index contributed by atoms with van der Waals surface area (Å²) in [7, 11) is 0. The van der Waals surface area contributed by atoms with Gasteiger partial charge in [0.1, 0.15) is 5.82 Å². The monoisotopic (exact) mass is 231 g/mol. The fourth-order valence-electron chi connectivity index (χ4n) is 2.46. The zero-order chi connectivity index (χ0) is 11.5. The van der Waals surface area contributed by atoms with Gasteiger partial charge >= 0.3 is 0 Å².